The molecule has 0 aromatic carbocycles. The predicted octanol–water partition coefficient (Wildman–Crippen LogP) is 5.09. The molecule has 0 heteroatoms. The Balaban J connectivity index is -0.000000000952. The Labute approximate surface area is 72.1 Å². The maximum Gasteiger partial charge on any atom is -0.00297 e. The van der Waals surface area contributed by atoms with E-state index in [2.05, 4.69) is 12.3 Å². The second kappa shape index (κ2) is 1560. The van der Waals surface area contributed by atoms with Gasteiger partial charge in [0.1, 0.15) is 0 Å². The van der Waals surface area contributed by atoms with Gasteiger partial charge in [-0.25, -0.2) is 0 Å². The van der Waals surface area contributed by atoms with E-state index in [9.17, 15) is 0 Å². The largest absolute Gasteiger partial charge is 0.120 e. The van der Waals surface area contributed by atoms with Crippen molar-refractivity contribution in [3.8, 4) is 12.3 Å². The first-order valence-electron chi connectivity index (χ1n) is 0.789. The quantitative estimate of drug-likeness (QED) is 0.424. The highest BCUT2D eigenvalue weighted by molar-refractivity contribution is 4.73. The van der Waals surface area contributed by atoms with Crippen LogP contribution in [-0.4, -0.2) is 0 Å². The predicted molar refractivity (Wildman–Crippen MR) is 61.6 cm³/mol. The minimum Gasteiger partial charge on any atom is -0.120 e. The molecule has 0 rings (SSSR count). The van der Waals surface area contributed by atoms with Crippen LogP contribution in [0.15, 0.2) is 0 Å². The molecule has 0 radical (unpaired) electrons. The molecule has 0 aliphatic heterocycles. The molecule has 0 N–H and O–H groups in total. The third kappa shape index (κ3) is 1680. The van der Waals surface area contributed by atoms with Crippen LogP contribution in [0.1, 0.15) is 58.9 Å². The molecule has 0 amide bonds. The molecule has 0 atom stereocenters. The summed E-state index contributed by atoms with van der Waals surface area (Å²) < 4.78 is 0. The molecule has 0 aliphatic rings. The van der Waals surface area contributed by atoms with E-state index in [0.29, 0.717) is 0 Å². The molecule has 72 valence electrons. The van der Waals surface area contributed by atoms with Crippen LogP contribution in [0.4, 0.5) is 0 Å². The Hall–Kier alpha value is -0.440. The number of terminal acetylenes is 1. The van der Waals surface area contributed by atoms with Crippen molar-refractivity contribution in [1.29, 1.82) is 0 Å². The molecule has 0 saturated heterocycles. The van der Waals surface area contributed by atoms with Crippen LogP contribution in [0.25, 0.3) is 0 Å². The fourth-order valence-corrected chi connectivity index (χ4v) is 0. The summed E-state index contributed by atoms with van der Waals surface area (Å²) in [5.41, 5.74) is 0. The molecule has 0 heterocycles. The molecule has 0 spiro atoms. The SMILES string of the molecule is C.C.C.C.C.C.C.C#CC. The molecule has 0 aliphatic carbocycles. The van der Waals surface area contributed by atoms with Crippen molar-refractivity contribution >= 4 is 0 Å². The van der Waals surface area contributed by atoms with Crippen LogP contribution in [0.2, 0.25) is 0 Å². The van der Waals surface area contributed by atoms with Crippen molar-refractivity contribution < 1.29 is 0 Å². The fraction of sp³-hybridized carbons (Fsp3) is 0.800. The monoisotopic (exact) mass is 152 g/mol. The summed E-state index contributed by atoms with van der Waals surface area (Å²) in [6.07, 6.45) is 4.60. The standard InChI is InChI=1S/C3H4.7CH4/c1-3-2;;;;;;;/h1H,2H3;7*1H4. The summed E-state index contributed by atoms with van der Waals surface area (Å²) in [4.78, 5) is 0. The van der Waals surface area contributed by atoms with Gasteiger partial charge in [-0.1, -0.05) is 52.0 Å². The van der Waals surface area contributed by atoms with Gasteiger partial charge in [0, 0.05) is 0 Å². The zero-order chi connectivity index (χ0) is 2.71. The van der Waals surface area contributed by atoms with Crippen molar-refractivity contribution in [2.75, 3.05) is 0 Å². The first kappa shape index (κ1) is 288. The lowest BCUT2D eigenvalue weighted by Gasteiger charge is -1.23. The molecular formula is C10H32. The molecular weight excluding hydrogens is 120 g/mol. The molecule has 0 aromatic heterocycles. The van der Waals surface area contributed by atoms with Crippen LogP contribution in [-0.2, 0) is 0 Å². The van der Waals surface area contributed by atoms with Crippen molar-refractivity contribution in [1.82, 2.24) is 0 Å². The van der Waals surface area contributed by atoms with Gasteiger partial charge in [-0.05, 0) is 6.92 Å². The summed E-state index contributed by atoms with van der Waals surface area (Å²) in [5.74, 6) is 2.25. The van der Waals surface area contributed by atoms with E-state index in [-0.39, 0.29) is 52.0 Å². The number of hydrogen-bond donors (Lipinski definition) is 0. The van der Waals surface area contributed by atoms with Gasteiger partial charge in [-0.3, -0.25) is 0 Å². The van der Waals surface area contributed by atoms with Gasteiger partial charge < -0.3 is 0 Å². The molecule has 0 aromatic rings. The van der Waals surface area contributed by atoms with Crippen LogP contribution in [0.3, 0.4) is 0 Å². The summed E-state index contributed by atoms with van der Waals surface area (Å²) in [6.45, 7) is 1.65. The molecule has 0 unspecified atom stereocenters. The lowest BCUT2D eigenvalue weighted by molar-refractivity contribution is 1.94. The van der Waals surface area contributed by atoms with Gasteiger partial charge in [-0.2, -0.15) is 0 Å². The third-order valence-electron chi connectivity index (χ3n) is 0. The normalized spacial score (nSPS) is 0.800. The van der Waals surface area contributed by atoms with E-state index >= 15 is 0 Å². The van der Waals surface area contributed by atoms with E-state index in [4.69, 9.17) is 0 Å². The summed E-state index contributed by atoms with van der Waals surface area (Å²) in [7, 11) is 0. The molecule has 0 nitrogen and oxygen atoms in total. The molecule has 0 saturated carbocycles. The fourth-order valence-electron chi connectivity index (χ4n) is 0. The minimum atomic E-state index is 0. The maximum atomic E-state index is 4.60. The van der Waals surface area contributed by atoms with Crippen LogP contribution in [0.5, 0.6) is 0 Å². The number of hydrogen-bond acceptors (Lipinski definition) is 0. The average Bonchev–Trinajstić information content (AvgIpc) is 0.918. The van der Waals surface area contributed by atoms with Crippen LogP contribution < -0.4 is 0 Å². The number of rotatable bonds is 0. The van der Waals surface area contributed by atoms with Crippen LogP contribution >= 0.6 is 0 Å². The lowest BCUT2D eigenvalue weighted by Crippen LogP contribution is -1.10. The van der Waals surface area contributed by atoms with Crippen molar-refractivity contribution in [3.63, 3.8) is 0 Å². The first-order chi connectivity index (χ1) is 1.41. The van der Waals surface area contributed by atoms with Gasteiger partial charge >= 0.3 is 0 Å². The molecule has 0 bridgehead atoms. The second-order valence-electron chi connectivity index (χ2n) is 0.289. The Kier molecular flexibility index (Phi) is 44900. The first-order valence-corrected chi connectivity index (χ1v) is 0.789. The lowest BCUT2D eigenvalue weighted by atomic mass is 10.9. The van der Waals surface area contributed by atoms with Gasteiger partial charge in [0.25, 0.3) is 0 Å². The highest BCUT2D eigenvalue weighted by atomic mass is 13.2. The van der Waals surface area contributed by atoms with Gasteiger partial charge in [0.15, 0.2) is 0 Å². The Morgan fingerprint density at radius 3 is 0.700 bits per heavy atom. The highest BCUT2D eigenvalue weighted by Gasteiger charge is 1.09. The topological polar surface area (TPSA) is 0 Å². The Morgan fingerprint density at radius 2 is 0.700 bits per heavy atom. The van der Waals surface area contributed by atoms with Gasteiger partial charge in [0.05, 0.1) is 0 Å². The van der Waals surface area contributed by atoms with Crippen molar-refractivity contribution in [2.24, 2.45) is 0 Å². The van der Waals surface area contributed by atoms with E-state index in [1.807, 2.05) is 0 Å². The molecule has 10 heavy (non-hydrogen) atoms. The minimum absolute atomic E-state index is 0. The Bertz CT molecular complexity index is 21.5. The zero-order valence-corrected chi connectivity index (χ0v) is 2.08. The summed E-state index contributed by atoms with van der Waals surface area (Å²) >= 11 is 0. The van der Waals surface area contributed by atoms with Gasteiger partial charge in [-0.15, -0.1) is 12.3 Å². The maximum absolute atomic E-state index is 4.60. The smallest absolute Gasteiger partial charge is 0.00297 e. The third-order valence-corrected chi connectivity index (χ3v) is 0. The highest BCUT2D eigenvalue weighted by Crippen LogP contribution is 1.21. The summed E-state index contributed by atoms with van der Waals surface area (Å²) in [6, 6.07) is 0. The van der Waals surface area contributed by atoms with E-state index in [0.717, 1.165) is 0 Å². The molecule has 0 fully saturated rings. The zero-order valence-electron chi connectivity index (χ0n) is 2.08. The van der Waals surface area contributed by atoms with E-state index < -0.39 is 0 Å². The summed E-state index contributed by atoms with van der Waals surface area (Å²) in [5, 5.41) is 0. The van der Waals surface area contributed by atoms with Crippen molar-refractivity contribution in [2.45, 2.75) is 58.9 Å². The van der Waals surface area contributed by atoms with E-state index in [1.165, 1.54) is 0 Å². The van der Waals surface area contributed by atoms with Crippen molar-refractivity contribution in [3.05, 3.63) is 0 Å². The van der Waals surface area contributed by atoms with E-state index in [1.54, 1.807) is 6.92 Å². The van der Waals surface area contributed by atoms with Gasteiger partial charge in [0.2, 0.25) is 0 Å². The second-order valence-corrected chi connectivity index (χ2v) is 0.289. The average molecular weight is 152 g/mol. The Morgan fingerprint density at radius 1 is 0.700 bits per heavy atom. The van der Waals surface area contributed by atoms with Crippen LogP contribution in [0, 0.1) is 12.3 Å².